The lowest BCUT2D eigenvalue weighted by Crippen LogP contribution is -2.50. The Hall–Kier alpha value is -0.120. The summed E-state index contributed by atoms with van der Waals surface area (Å²) in [7, 11) is 2.12. The minimum Gasteiger partial charge on any atom is -0.395 e. The highest BCUT2D eigenvalue weighted by atomic mass is 16.3. The molecular formula is C12H26N2O. The van der Waals surface area contributed by atoms with E-state index in [9.17, 15) is 0 Å². The molecule has 0 aromatic rings. The Bertz CT molecular complexity index is 181. The standard InChI is InChI=1S/C12H26N2O/c1-12(2,3)14-7-5-11(6-8-14)13(4)9-10-15/h11,15H,5-10H2,1-4H3. The molecule has 0 bridgehead atoms. The van der Waals surface area contributed by atoms with Gasteiger partial charge in [-0.15, -0.1) is 0 Å². The Labute approximate surface area is 94.1 Å². The summed E-state index contributed by atoms with van der Waals surface area (Å²) >= 11 is 0. The number of likely N-dealkylation sites (tertiary alicyclic amines) is 1. The van der Waals surface area contributed by atoms with Crippen molar-refractivity contribution in [3.05, 3.63) is 0 Å². The van der Waals surface area contributed by atoms with Crippen molar-refractivity contribution in [3.63, 3.8) is 0 Å². The van der Waals surface area contributed by atoms with Crippen LogP contribution < -0.4 is 0 Å². The first-order valence-electron chi connectivity index (χ1n) is 6.01. The SMILES string of the molecule is CN(CCO)C1CCN(C(C)(C)C)CC1. The van der Waals surface area contributed by atoms with Gasteiger partial charge in [0, 0.05) is 31.2 Å². The fourth-order valence-electron chi connectivity index (χ4n) is 2.32. The van der Waals surface area contributed by atoms with E-state index in [4.69, 9.17) is 5.11 Å². The molecule has 1 rings (SSSR count). The molecule has 0 aromatic carbocycles. The van der Waals surface area contributed by atoms with Gasteiger partial charge in [-0.2, -0.15) is 0 Å². The van der Waals surface area contributed by atoms with E-state index in [2.05, 4.69) is 37.6 Å². The Morgan fingerprint density at radius 2 is 1.80 bits per heavy atom. The third-order valence-corrected chi connectivity index (χ3v) is 3.49. The summed E-state index contributed by atoms with van der Waals surface area (Å²) in [6.45, 7) is 10.3. The highest BCUT2D eigenvalue weighted by molar-refractivity contribution is 4.84. The number of hydrogen-bond acceptors (Lipinski definition) is 3. The zero-order valence-electron chi connectivity index (χ0n) is 10.7. The van der Waals surface area contributed by atoms with Crippen LogP contribution in [0.2, 0.25) is 0 Å². The highest BCUT2D eigenvalue weighted by Gasteiger charge is 2.28. The van der Waals surface area contributed by atoms with E-state index < -0.39 is 0 Å². The molecule has 1 saturated heterocycles. The van der Waals surface area contributed by atoms with Gasteiger partial charge in [0.1, 0.15) is 0 Å². The van der Waals surface area contributed by atoms with E-state index in [1.807, 2.05) is 0 Å². The first-order valence-corrected chi connectivity index (χ1v) is 6.01. The summed E-state index contributed by atoms with van der Waals surface area (Å²) in [4.78, 5) is 4.84. The molecule has 15 heavy (non-hydrogen) atoms. The third-order valence-electron chi connectivity index (χ3n) is 3.49. The summed E-state index contributed by atoms with van der Waals surface area (Å²) in [5.74, 6) is 0. The van der Waals surface area contributed by atoms with Gasteiger partial charge in [0.25, 0.3) is 0 Å². The Morgan fingerprint density at radius 3 is 2.20 bits per heavy atom. The summed E-state index contributed by atoms with van der Waals surface area (Å²) in [6, 6.07) is 0.663. The van der Waals surface area contributed by atoms with E-state index in [0.29, 0.717) is 11.6 Å². The summed E-state index contributed by atoms with van der Waals surface area (Å²) in [5.41, 5.74) is 0.306. The average Bonchev–Trinajstić information content (AvgIpc) is 2.17. The van der Waals surface area contributed by atoms with E-state index in [0.717, 1.165) is 6.54 Å². The molecule has 1 aliphatic heterocycles. The maximum absolute atomic E-state index is 8.90. The van der Waals surface area contributed by atoms with Crippen molar-refractivity contribution in [2.24, 2.45) is 0 Å². The zero-order valence-corrected chi connectivity index (χ0v) is 10.7. The summed E-state index contributed by atoms with van der Waals surface area (Å²) < 4.78 is 0. The molecule has 90 valence electrons. The molecule has 0 amide bonds. The van der Waals surface area contributed by atoms with Crippen LogP contribution in [0.3, 0.4) is 0 Å². The van der Waals surface area contributed by atoms with Crippen LogP contribution in [-0.4, -0.2) is 59.8 Å². The molecular weight excluding hydrogens is 188 g/mol. The lowest BCUT2D eigenvalue weighted by molar-refractivity contribution is 0.0598. The number of hydrogen-bond donors (Lipinski definition) is 1. The van der Waals surface area contributed by atoms with Gasteiger partial charge in [0.2, 0.25) is 0 Å². The molecule has 0 saturated carbocycles. The van der Waals surface area contributed by atoms with E-state index in [1.165, 1.54) is 25.9 Å². The van der Waals surface area contributed by atoms with Crippen LogP contribution in [0, 0.1) is 0 Å². The molecule has 0 spiro atoms. The minimum atomic E-state index is 0.274. The third kappa shape index (κ3) is 3.74. The fourth-order valence-corrected chi connectivity index (χ4v) is 2.32. The number of nitrogens with zero attached hydrogens (tertiary/aromatic N) is 2. The van der Waals surface area contributed by atoms with Crippen LogP contribution in [0.1, 0.15) is 33.6 Å². The van der Waals surface area contributed by atoms with Crippen molar-refractivity contribution in [2.45, 2.75) is 45.2 Å². The van der Waals surface area contributed by atoms with E-state index >= 15 is 0 Å². The van der Waals surface area contributed by atoms with Crippen molar-refractivity contribution in [1.82, 2.24) is 9.80 Å². The molecule has 3 heteroatoms. The second kappa shape index (κ2) is 5.28. The number of piperidine rings is 1. The van der Waals surface area contributed by atoms with Gasteiger partial charge in [-0.25, -0.2) is 0 Å². The molecule has 1 fully saturated rings. The molecule has 0 aliphatic carbocycles. The second-order valence-corrected chi connectivity index (χ2v) is 5.59. The monoisotopic (exact) mass is 214 g/mol. The van der Waals surface area contributed by atoms with Gasteiger partial charge in [0.15, 0.2) is 0 Å². The Kier molecular flexibility index (Phi) is 4.56. The first-order chi connectivity index (χ1) is 6.95. The number of aliphatic hydroxyl groups is 1. The van der Waals surface area contributed by atoms with Crippen LogP contribution in [0.5, 0.6) is 0 Å². The molecule has 3 nitrogen and oxygen atoms in total. The highest BCUT2D eigenvalue weighted by Crippen LogP contribution is 2.22. The van der Waals surface area contributed by atoms with Crippen LogP contribution in [0.4, 0.5) is 0 Å². The minimum absolute atomic E-state index is 0.274. The Morgan fingerprint density at radius 1 is 1.27 bits per heavy atom. The lowest BCUT2D eigenvalue weighted by Gasteiger charge is -2.43. The van der Waals surface area contributed by atoms with Crippen LogP contribution in [0.25, 0.3) is 0 Å². The predicted octanol–water partition coefficient (Wildman–Crippen LogP) is 1.17. The van der Waals surface area contributed by atoms with Crippen molar-refractivity contribution in [2.75, 3.05) is 33.3 Å². The lowest BCUT2D eigenvalue weighted by atomic mass is 9.97. The average molecular weight is 214 g/mol. The van der Waals surface area contributed by atoms with Crippen LogP contribution in [0.15, 0.2) is 0 Å². The topological polar surface area (TPSA) is 26.7 Å². The Balaban J connectivity index is 2.36. The number of likely N-dealkylation sites (N-methyl/N-ethyl adjacent to an activating group) is 1. The van der Waals surface area contributed by atoms with Gasteiger partial charge >= 0.3 is 0 Å². The number of aliphatic hydroxyl groups excluding tert-OH is 1. The first kappa shape index (κ1) is 12.9. The fraction of sp³-hybridized carbons (Fsp3) is 1.00. The van der Waals surface area contributed by atoms with Crippen LogP contribution in [-0.2, 0) is 0 Å². The molecule has 0 aromatic heterocycles. The van der Waals surface area contributed by atoms with Crippen molar-refractivity contribution >= 4 is 0 Å². The predicted molar refractivity (Wildman–Crippen MR) is 64.1 cm³/mol. The quantitative estimate of drug-likeness (QED) is 0.764. The molecule has 0 atom stereocenters. The van der Waals surface area contributed by atoms with Gasteiger partial charge in [-0.3, -0.25) is 4.90 Å². The zero-order chi connectivity index (χ0) is 11.5. The number of rotatable bonds is 3. The van der Waals surface area contributed by atoms with Crippen LogP contribution >= 0.6 is 0 Å². The smallest absolute Gasteiger partial charge is 0.0558 e. The van der Waals surface area contributed by atoms with Gasteiger partial charge in [-0.05, 0) is 40.7 Å². The van der Waals surface area contributed by atoms with Crippen molar-refractivity contribution in [1.29, 1.82) is 0 Å². The summed E-state index contributed by atoms with van der Waals surface area (Å²) in [5, 5.41) is 8.90. The summed E-state index contributed by atoms with van der Waals surface area (Å²) in [6.07, 6.45) is 2.46. The van der Waals surface area contributed by atoms with E-state index in [1.54, 1.807) is 0 Å². The normalized spacial score (nSPS) is 21.2. The second-order valence-electron chi connectivity index (χ2n) is 5.59. The van der Waals surface area contributed by atoms with Gasteiger partial charge in [0.05, 0.1) is 6.61 Å². The van der Waals surface area contributed by atoms with Crippen molar-refractivity contribution in [3.8, 4) is 0 Å². The van der Waals surface area contributed by atoms with Gasteiger partial charge in [-0.1, -0.05) is 0 Å². The molecule has 1 aliphatic rings. The largest absolute Gasteiger partial charge is 0.395 e. The molecule has 0 unspecified atom stereocenters. The maximum Gasteiger partial charge on any atom is 0.0558 e. The van der Waals surface area contributed by atoms with E-state index in [-0.39, 0.29) is 6.61 Å². The molecule has 0 radical (unpaired) electrons. The molecule has 1 heterocycles. The molecule has 1 N–H and O–H groups in total. The van der Waals surface area contributed by atoms with Crippen molar-refractivity contribution < 1.29 is 5.11 Å². The maximum atomic E-state index is 8.90. The van der Waals surface area contributed by atoms with Gasteiger partial charge < -0.3 is 10.0 Å².